The number of carbonyl (C=O) groups is 2. The van der Waals surface area contributed by atoms with Crippen molar-refractivity contribution in [3.05, 3.63) is 53.1 Å². The molecule has 2 amide bonds. The number of rotatable bonds is 4. The van der Waals surface area contributed by atoms with Crippen LogP contribution >= 0.6 is 0 Å². The van der Waals surface area contributed by atoms with E-state index in [1.54, 1.807) is 29.3 Å². The Hall–Kier alpha value is -2.63. The molecule has 132 valence electrons. The normalized spacial score (nSPS) is 16.9. The van der Waals surface area contributed by atoms with Crippen molar-refractivity contribution >= 4 is 11.8 Å². The van der Waals surface area contributed by atoms with Gasteiger partial charge in [-0.15, -0.1) is 0 Å². The van der Waals surface area contributed by atoms with Gasteiger partial charge in [-0.25, -0.2) is 0 Å². The second-order valence-corrected chi connectivity index (χ2v) is 6.45. The van der Waals surface area contributed by atoms with Gasteiger partial charge in [0.15, 0.2) is 0 Å². The molecule has 6 nitrogen and oxygen atoms in total. The highest BCUT2D eigenvalue weighted by Crippen LogP contribution is 2.17. The third-order valence-corrected chi connectivity index (χ3v) is 4.83. The van der Waals surface area contributed by atoms with Crippen LogP contribution in [0.25, 0.3) is 0 Å². The smallest absolute Gasteiger partial charge is 0.272 e. The largest absolute Gasteiger partial charge is 0.349 e. The Morgan fingerprint density at radius 3 is 2.76 bits per heavy atom. The maximum absolute atomic E-state index is 12.6. The molecule has 0 unspecified atom stereocenters. The van der Waals surface area contributed by atoms with Gasteiger partial charge >= 0.3 is 0 Å². The molecular weight excluding hydrogens is 316 g/mol. The molecule has 25 heavy (non-hydrogen) atoms. The molecule has 1 saturated heterocycles. The van der Waals surface area contributed by atoms with E-state index in [4.69, 9.17) is 0 Å². The van der Waals surface area contributed by atoms with Gasteiger partial charge in [0, 0.05) is 43.3 Å². The molecule has 3 heterocycles. The second kappa shape index (κ2) is 7.09. The standard InChI is InChI=1S/C19H24N4O2/c1-4-23-13(2)11-16(14(23)3)18(24)21-15-8-10-22(12-15)19(25)17-7-5-6-9-20-17/h5-7,9,11,15H,4,8,10,12H2,1-3H3,(H,21,24)/t15-/m0/s1. The highest BCUT2D eigenvalue weighted by Gasteiger charge is 2.29. The molecule has 0 aliphatic carbocycles. The zero-order valence-electron chi connectivity index (χ0n) is 15.0. The lowest BCUT2D eigenvalue weighted by atomic mass is 10.2. The summed E-state index contributed by atoms with van der Waals surface area (Å²) in [4.78, 5) is 30.9. The van der Waals surface area contributed by atoms with Crippen molar-refractivity contribution in [1.82, 2.24) is 19.8 Å². The first kappa shape index (κ1) is 17.2. The fourth-order valence-electron chi connectivity index (χ4n) is 3.49. The van der Waals surface area contributed by atoms with E-state index in [-0.39, 0.29) is 17.9 Å². The SMILES string of the molecule is CCn1c(C)cc(C(=O)N[C@H]2CCN(C(=O)c3ccccn3)C2)c1C. The average molecular weight is 340 g/mol. The minimum atomic E-state index is -0.0819. The van der Waals surface area contributed by atoms with Crippen LogP contribution in [0.4, 0.5) is 0 Å². The van der Waals surface area contributed by atoms with E-state index in [1.807, 2.05) is 19.9 Å². The zero-order chi connectivity index (χ0) is 18.0. The lowest BCUT2D eigenvalue weighted by molar-refractivity contribution is 0.0777. The molecule has 0 bridgehead atoms. The van der Waals surface area contributed by atoms with Gasteiger partial charge in [0.25, 0.3) is 11.8 Å². The van der Waals surface area contributed by atoms with Crippen molar-refractivity contribution in [3.8, 4) is 0 Å². The molecule has 3 rings (SSSR count). The van der Waals surface area contributed by atoms with Gasteiger partial charge in [0.05, 0.1) is 5.56 Å². The van der Waals surface area contributed by atoms with Crippen molar-refractivity contribution in [3.63, 3.8) is 0 Å². The van der Waals surface area contributed by atoms with E-state index in [0.29, 0.717) is 24.3 Å². The summed E-state index contributed by atoms with van der Waals surface area (Å²) in [5.41, 5.74) is 3.23. The maximum atomic E-state index is 12.6. The van der Waals surface area contributed by atoms with Crippen LogP contribution in [0.15, 0.2) is 30.5 Å². The molecule has 2 aromatic rings. The Bertz CT molecular complexity index is 782. The quantitative estimate of drug-likeness (QED) is 0.927. The van der Waals surface area contributed by atoms with Gasteiger partial charge in [-0.3, -0.25) is 14.6 Å². The molecule has 0 radical (unpaired) electrons. The molecule has 1 N–H and O–H groups in total. The van der Waals surface area contributed by atoms with Crippen LogP contribution < -0.4 is 5.32 Å². The Kier molecular flexibility index (Phi) is 4.88. The van der Waals surface area contributed by atoms with E-state index < -0.39 is 0 Å². The lowest BCUT2D eigenvalue weighted by Gasteiger charge is -2.16. The number of amides is 2. The van der Waals surface area contributed by atoms with Crippen molar-refractivity contribution < 1.29 is 9.59 Å². The first-order valence-electron chi connectivity index (χ1n) is 8.69. The molecule has 2 aromatic heterocycles. The monoisotopic (exact) mass is 340 g/mol. The predicted molar refractivity (Wildman–Crippen MR) is 95.6 cm³/mol. The van der Waals surface area contributed by atoms with Gasteiger partial charge in [-0.2, -0.15) is 0 Å². The summed E-state index contributed by atoms with van der Waals surface area (Å²) in [7, 11) is 0. The van der Waals surface area contributed by atoms with Crippen LogP contribution in [-0.2, 0) is 6.54 Å². The number of nitrogens with one attached hydrogen (secondary N) is 1. The minimum absolute atomic E-state index is 0.0233. The van der Waals surface area contributed by atoms with Crippen molar-refractivity contribution in [1.29, 1.82) is 0 Å². The number of hydrogen-bond donors (Lipinski definition) is 1. The first-order valence-corrected chi connectivity index (χ1v) is 8.69. The summed E-state index contributed by atoms with van der Waals surface area (Å²) in [5, 5.41) is 3.07. The third kappa shape index (κ3) is 3.43. The predicted octanol–water partition coefficient (Wildman–Crippen LogP) is 2.16. The summed E-state index contributed by atoms with van der Waals surface area (Å²) in [6.45, 7) is 8.05. The fourth-order valence-corrected chi connectivity index (χ4v) is 3.49. The molecule has 1 aliphatic heterocycles. The fraction of sp³-hybridized carbons (Fsp3) is 0.421. The van der Waals surface area contributed by atoms with Gasteiger partial charge in [-0.05, 0) is 45.4 Å². The van der Waals surface area contributed by atoms with E-state index >= 15 is 0 Å². The summed E-state index contributed by atoms with van der Waals surface area (Å²) in [6, 6.07) is 7.22. The Morgan fingerprint density at radius 2 is 2.12 bits per heavy atom. The van der Waals surface area contributed by atoms with Gasteiger partial charge < -0.3 is 14.8 Å². The number of nitrogens with zero attached hydrogens (tertiary/aromatic N) is 3. The Labute approximate surface area is 147 Å². The lowest BCUT2D eigenvalue weighted by Crippen LogP contribution is -2.38. The zero-order valence-corrected chi connectivity index (χ0v) is 15.0. The third-order valence-electron chi connectivity index (χ3n) is 4.83. The topological polar surface area (TPSA) is 67.2 Å². The Morgan fingerprint density at radius 1 is 1.32 bits per heavy atom. The summed E-state index contributed by atoms with van der Waals surface area (Å²) in [5.74, 6) is -0.147. The van der Waals surface area contributed by atoms with E-state index in [9.17, 15) is 9.59 Å². The van der Waals surface area contributed by atoms with E-state index in [0.717, 1.165) is 24.4 Å². The highest BCUT2D eigenvalue weighted by atomic mass is 16.2. The van der Waals surface area contributed by atoms with Crippen LogP contribution in [0, 0.1) is 13.8 Å². The van der Waals surface area contributed by atoms with Crippen LogP contribution in [0.1, 0.15) is 45.6 Å². The molecule has 1 fully saturated rings. The summed E-state index contributed by atoms with van der Waals surface area (Å²) >= 11 is 0. The van der Waals surface area contributed by atoms with E-state index in [2.05, 4.69) is 21.8 Å². The van der Waals surface area contributed by atoms with Crippen LogP contribution in [0.2, 0.25) is 0 Å². The Balaban J connectivity index is 1.63. The minimum Gasteiger partial charge on any atom is -0.349 e. The van der Waals surface area contributed by atoms with E-state index in [1.165, 1.54) is 0 Å². The molecule has 0 saturated carbocycles. The number of hydrogen-bond acceptors (Lipinski definition) is 3. The molecule has 0 aromatic carbocycles. The molecular formula is C19H24N4O2. The van der Waals surface area contributed by atoms with Crippen molar-refractivity contribution in [2.45, 2.75) is 39.8 Å². The average Bonchev–Trinajstić information content (AvgIpc) is 3.19. The van der Waals surface area contributed by atoms with Crippen LogP contribution in [0.3, 0.4) is 0 Å². The molecule has 0 spiro atoms. The number of carbonyl (C=O) groups excluding carboxylic acids is 2. The summed E-state index contributed by atoms with van der Waals surface area (Å²) < 4.78 is 2.13. The number of aryl methyl sites for hydroxylation is 1. The number of aromatic nitrogens is 2. The van der Waals surface area contributed by atoms with Gasteiger partial charge in [-0.1, -0.05) is 6.07 Å². The first-order chi connectivity index (χ1) is 12.0. The van der Waals surface area contributed by atoms with Crippen molar-refractivity contribution in [2.75, 3.05) is 13.1 Å². The second-order valence-electron chi connectivity index (χ2n) is 6.45. The van der Waals surface area contributed by atoms with Crippen LogP contribution in [-0.4, -0.2) is 45.4 Å². The summed E-state index contributed by atoms with van der Waals surface area (Å²) in [6.07, 6.45) is 2.38. The number of pyridine rings is 1. The van der Waals surface area contributed by atoms with Gasteiger partial charge in [0.1, 0.15) is 5.69 Å². The van der Waals surface area contributed by atoms with Crippen LogP contribution in [0.5, 0.6) is 0 Å². The highest BCUT2D eigenvalue weighted by molar-refractivity contribution is 5.96. The van der Waals surface area contributed by atoms with Crippen molar-refractivity contribution in [2.24, 2.45) is 0 Å². The molecule has 1 aliphatic rings. The number of likely N-dealkylation sites (tertiary alicyclic amines) is 1. The molecule has 1 atom stereocenters. The molecule has 6 heteroatoms. The maximum Gasteiger partial charge on any atom is 0.272 e. The van der Waals surface area contributed by atoms with Gasteiger partial charge in [0.2, 0.25) is 0 Å².